The largest absolute Gasteiger partial charge is 0.467 e. The van der Waals surface area contributed by atoms with Crippen molar-refractivity contribution in [2.24, 2.45) is 5.73 Å². The third-order valence-electron chi connectivity index (χ3n) is 2.52. The van der Waals surface area contributed by atoms with Crippen LogP contribution < -0.4 is 5.73 Å². The molecule has 0 spiro atoms. The van der Waals surface area contributed by atoms with E-state index in [2.05, 4.69) is 0 Å². The number of esters is 1. The Morgan fingerprint density at radius 3 is 2.53 bits per heavy atom. The number of carbonyl (C=O) groups is 1. The standard InChI is InChI=1S/C13H19NO3/c1-3-9-17-10-13(14,12(15)16-2)11-7-5-4-6-8-11/h4-8H,3,9-10,14H2,1-2H3. The van der Waals surface area contributed by atoms with E-state index in [9.17, 15) is 4.79 Å². The van der Waals surface area contributed by atoms with Crippen molar-refractivity contribution < 1.29 is 14.3 Å². The van der Waals surface area contributed by atoms with Crippen molar-refractivity contribution in [2.45, 2.75) is 18.9 Å². The highest BCUT2D eigenvalue weighted by molar-refractivity contribution is 5.82. The normalized spacial score (nSPS) is 14.1. The van der Waals surface area contributed by atoms with Crippen molar-refractivity contribution in [3.8, 4) is 0 Å². The summed E-state index contributed by atoms with van der Waals surface area (Å²) < 4.78 is 10.2. The molecule has 0 amide bonds. The maximum atomic E-state index is 11.8. The Morgan fingerprint density at radius 1 is 1.35 bits per heavy atom. The van der Waals surface area contributed by atoms with E-state index < -0.39 is 11.5 Å². The lowest BCUT2D eigenvalue weighted by molar-refractivity contribution is -0.150. The number of nitrogens with two attached hydrogens (primary N) is 1. The highest BCUT2D eigenvalue weighted by atomic mass is 16.5. The molecule has 2 N–H and O–H groups in total. The van der Waals surface area contributed by atoms with Gasteiger partial charge in [0, 0.05) is 6.61 Å². The van der Waals surface area contributed by atoms with E-state index in [1.807, 2.05) is 25.1 Å². The average Bonchev–Trinajstić information content (AvgIpc) is 2.39. The molecular weight excluding hydrogens is 218 g/mol. The van der Waals surface area contributed by atoms with Gasteiger partial charge in [-0.2, -0.15) is 0 Å². The lowest BCUT2D eigenvalue weighted by Gasteiger charge is -2.26. The Morgan fingerprint density at radius 2 is 2.00 bits per heavy atom. The molecule has 0 bridgehead atoms. The number of hydrogen-bond acceptors (Lipinski definition) is 4. The predicted octanol–water partition coefficient (Wildman–Crippen LogP) is 1.44. The molecule has 1 unspecified atom stereocenters. The maximum Gasteiger partial charge on any atom is 0.332 e. The second kappa shape index (κ2) is 6.37. The molecule has 0 saturated heterocycles. The molecule has 0 aliphatic heterocycles. The molecule has 0 heterocycles. The van der Waals surface area contributed by atoms with E-state index in [4.69, 9.17) is 15.2 Å². The second-order valence-electron chi connectivity index (χ2n) is 3.88. The van der Waals surface area contributed by atoms with Crippen LogP contribution in [0.4, 0.5) is 0 Å². The zero-order valence-electron chi connectivity index (χ0n) is 10.3. The van der Waals surface area contributed by atoms with Gasteiger partial charge in [-0.3, -0.25) is 0 Å². The molecule has 0 aliphatic rings. The molecule has 1 aromatic carbocycles. The number of carbonyl (C=O) groups excluding carboxylic acids is 1. The highest BCUT2D eigenvalue weighted by Crippen LogP contribution is 2.20. The van der Waals surface area contributed by atoms with Crippen molar-refractivity contribution in [1.29, 1.82) is 0 Å². The SMILES string of the molecule is CCCOCC(N)(C(=O)OC)c1ccccc1. The molecule has 1 atom stereocenters. The minimum Gasteiger partial charge on any atom is -0.467 e. The molecule has 94 valence electrons. The zero-order chi connectivity index (χ0) is 12.7. The minimum absolute atomic E-state index is 0.123. The highest BCUT2D eigenvalue weighted by Gasteiger charge is 2.37. The third-order valence-corrected chi connectivity index (χ3v) is 2.52. The lowest BCUT2D eigenvalue weighted by atomic mass is 9.92. The van der Waals surface area contributed by atoms with Gasteiger partial charge in [-0.1, -0.05) is 37.3 Å². The number of hydrogen-bond donors (Lipinski definition) is 1. The molecule has 4 heteroatoms. The molecule has 1 aromatic rings. The van der Waals surface area contributed by atoms with Crippen molar-refractivity contribution >= 4 is 5.97 Å². The Kier molecular flexibility index (Phi) is 5.12. The first-order chi connectivity index (χ1) is 8.15. The smallest absolute Gasteiger partial charge is 0.332 e. The Labute approximate surface area is 102 Å². The first-order valence-corrected chi connectivity index (χ1v) is 5.65. The molecular formula is C13H19NO3. The van der Waals surface area contributed by atoms with Crippen LogP contribution in [0.5, 0.6) is 0 Å². The van der Waals surface area contributed by atoms with E-state index >= 15 is 0 Å². The molecule has 0 fully saturated rings. The summed E-state index contributed by atoms with van der Waals surface area (Å²) in [4.78, 5) is 11.8. The van der Waals surface area contributed by atoms with Crippen LogP contribution in [0.2, 0.25) is 0 Å². The Balaban J connectivity index is 2.90. The summed E-state index contributed by atoms with van der Waals surface area (Å²) >= 11 is 0. The predicted molar refractivity (Wildman–Crippen MR) is 65.4 cm³/mol. The first-order valence-electron chi connectivity index (χ1n) is 5.65. The van der Waals surface area contributed by atoms with Gasteiger partial charge in [0.2, 0.25) is 0 Å². The quantitative estimate of drug-likeness (QED) is 0.600. The van der Waals surface area contributed by atoms with E-state index in [0.717, 1.165) is 6.42 Å². The van der Waals surface area contributed by atoms with E-state index in [-0.39, 0.29) is 6.61 Å². The summed E-state index contributed by atoms with van der Waals surface area (Å²) in [5, 5.41) is 0. The van der Waals surface area contributed by atoms with Gasteiger partial charge in [-0.15, -0.1) is 0 Å². The fraction of sp³-hybridized carbons (Fsp3) is 0.462. The van der Waals surface area contributed by atoms with Crippen LogP contribution in [0.1, 0.15) is 18.9 Å². The molecule has 0 aromatic heterocycles. The molecule has 1 rings (SSSR count). The molecule has 0 aliphatic carbocycles. The minimum atomic E-state index is -1.23. The number of ether oxygens (including phenoxy) is 2. The summed E-state index contributed by atoms with van der Waals surface area (Å²) in [6, 6.07) is 9.13. The molecule has 0 radical (unpaired) electrons. The van der Waals surface area contributed by atoms with Crippen molar-refractivity contribution in [2.75, 3.05) is 20.3 Å². The van der Waals surface area contributed by atoms with Gasteiger partial charge < -0.3 is 15.2 Å². The summed E-state index contributed by atoms with van der Waals surface area (Å²) in [6.45, 7) is 2.69. The van der Waals surface area contributed by atoms with Crippen molar-refractivity contribution in [3.63, 3.8) is 0 Å². The van der Waals surface area contributed by atoms with Gasteiger partial charge >= 0.3 is 5.97 Å². The maximum absolute atomic E-state index is 11.8. The van der Waals surface area contributed by atoms with Crippen LogP contribution in [0.25, 0.3) is 0 Å². The number of rotatable bonds is 6. The van der Waals surface area contributed by atoms with Gasteiger partial charge in [-0.05, 0) is 12.0 Å². The summed E-state index contributed by atoms with van der Waals surface area (Å²) in [6.07, 6.45) is 0.881. The molecule has 17 heavy (non-hydrogen) atoms. The van der Waals surface area contributed by atoms with Crippen molar-refractivity contribution in [1.82, 2.24) is 0 Å². The van der Waals surface area contributed by atoms with Gasteiger partial charge in [0.25, 0.3) is 0 Å². The first kappa shape index (κ1) is 13.7. The van der Waals surface area contributed by atoms with Crippen LogP contribution in [0.15, 0.2) is 30.3 Å². The topological polar surface area (TPSA) is 61.5 Å². The van der Waals surface area contributed by atoms with E-state index in [1.165, 1.54) is 7.11 Å². The van der Waals surface area contributed by atoms with Crippen LogP contribution >= 0.6 is 0 Å². The van der Waals surface area contributed by atoms with E-state index in [0.29, 0.717) is 12.2 Å². The summed E-state index contributed by atoms with van der Waals surface area (Å²) in [7, 11) is 1.33. The van der Waals surface area contributed by atoms with Gasteiger partial charge in [0.1, 0.15) is 0 Å². The van der Waals surface area contributed by atoms with E-state index in [1.54, 1.807) is 12.1 Å². The third kappa shape index (κ3) is 3.28. The summed E-state index contributed by atoms with van der Waals surface area (Å²) in [5.41, 5.74) is 5.58. The number of benzene rings is 1. The zero-order valence-corrected chi connectivity index (χ0v) is 10.3. The van der Waals surface area contributed by atoms with Crippen molar-refractivity contribution in [3.05, 3.63) is 35.9 Å². The molecule has 0 saturated carbocycles. The van der Waals surface area contributed by atoms with Gasteiger partial charge in [0.15, 0.2) is 5.54 Å². The fourth-order valence-electron chi connectivity index (χ4n) is 1.56. The van der Waals surface area contributed by atoms with Gasteiger partial charge in [-0.25, -0.2) is 4.79 Å². The molecule has 4 nitrogen and oxygen atoms in total. The number of methoxy groups -OCH3 is 1. The fourth-order valence-corrected chi connectivity index (χ4v) is 1.56. The van der Waals surface area contributed by atoms with Crippen LogP contribution in [-0.4, -0.2) is 26.3 Å². The summed E-state index contributed by atoms with van der Waals surface area (Å²) in [5.74, 6) is -0.486. The van der Waals surface area contributed by atoms with Crippen LogP contribution in [-0.2, 0) is 19.8 Å². The Hall–Kier alpha value is -1.39. The van der Waals surface area contributed by atoms with Gasteiger partial charge in [0.05, 0.1) is 13.7 Å². The average molecular weight is 237 g/mol. The lowest BCUT2D eigenvalue weighted by Crippen LogP contribution is -2.49. The Bertz CT molecular complexity index is 353. The second-order valence-corrected chi connectivity index (χ2v) is 3.88. The monoisotopic (exact) mass is 237 g/mol. The van der Waals surface area contributed by atoms with Crippen LogP contribution in [0, 0.1) is 0 Å². The van der Waals surface area contributed by atoms with Crippen LogP contribution in [0.3, 0.4) is 0 Å².